The number of rotatable bonds is 3. The highest BCUT2D eigenvalue weighted by Crippen LogP contribution is 2.15. The molecule has 0 unspecified atom stereocenters. The summed E-state index contributed by atoms with van der Waals surface area (Å²) >= 11 is 0. The maximum atomic E-state index is 12.1. The van der Waals surface area contributed by atoms with E-state index < -0.39 is 23.4 Å². The van der Waals surface area contributed by atoms with Gasteiger partial charge in [0.05, 0.1) is 0 Å². The van der Waals surface area contributed by atoms with Gasteiger partial charge in [-0.25, -0.2) is 14.5 Å². The van der Waals surface area contributed by atoms with Crippen LogP contribution in [0.25, 0.3) is 0 Å². The Hall–Kier alpha value is -1.30. The lowest BCUT2D eigenvalue weighted by atomic mass is 10.2. The largest absolute Gasteiger partial charge is 0.443 e. The van der Waals surface area contributed by atoms with Gasteiger partial charge >= 0.3 is 12.2 Å². The fourth-order valence-corrected chi connectivity index (χ4v) is 1.23. The van der Waals surface area contributed by atoms with Gasteiger partial charge in [-0.3, -0.25) is 0 Å². The molecule has 6 nitrogen and oxygen atoms in total. The Morgan fingerprint density at radius 2 is 1.35 bits per heavy atom. The van der Waals surface area contributed by atoms with E-state index in [1.807, 2.05) is 0 Å². The molecule has 0 spiro atoms. The number of hydrogen-bond acceptors (Lipinski definition) is 5. The molecule has 0 fully saturated rings. The van der Waals surface area contributed by atoms with Crippen LogP contribution in [0.1, 0.15) is 48.5 Å². The number of aliphatic hydroxyl groups is 1. The van der Waals surface area contributed by atoms with Crippen molar-refractivity contribution in [1.82, 2.24) is 4.90 Å². The van der Waals surface area contributed by atoms with E-state index in [9.17, 15) is 9.59 Å². The highest BCUT2D eigenvalue weighted by molar-refractivity contribution is 5.88. The highest BCUT2D eigenvalue weighted by atomic mass is 16.6. The van der Waals surface area contributed by atoms with Crippen molar-refractivity contribution in [2.75, 3.05) is 13.2 Å². The van der Waals surface area contributed by atoms with Crippen molar-refractivity contribution in [3.05, 3.63) is 0 Å². The van der Waals surface area contributed by atoms with E-state index in [-0.39, 0.29) is 19.1 Å². The predicted octanol–water partition coefficient (Wildman–Crippen LogP) is 2.79. The van der Waals surface area contributed by atoms with Gasteiger partial charge in [0.15, 0.2) is 0 Å². The molecule has 0 aliphatic heterocycles. The molecule has 6 heteroatoms. The zero-order valence-corrected chi connectivity index (χ0v) is 13.5. The van der Waals surface area contributed by atoms with Gasteiger partial charge in [-0.15, -0.1) is 0 Å². The fourth-order valence-electron chi connectivity index (χ4n) is 1.23. The highest BCUT2D eigenvalue weighted by Gasteiger charge is 2.31. The number of imide groups is 1. The Morgan fingerprint density at radius 3 is 1.60 bits per heavy atom. The van der Waals surface area contributed by atoms with Crippen LogP contribution < -0.4 is 0 Å². The van der Waals surface area contributed by atoms with Crippen LogP contribution >= 0.6 is 0 Å². The fraction of sp³-hybridized carbons (Fsp3) is 0.857. The smallest absolute Gasteiger partial charge is 0.419 e. The van der Waals surface area contributed by atoms with Crippen LogP contribution in [0.5, 0.6) is 0 Å². The van der Waals surface area contributed by atoms with Crippen LogP contribution in [0.15, 0.2) is 0 Å². The van der Waals surface area contributed by atoms with Crippen LogP contribution in [0.2, 0.25) is 0 Å². The Kier molecular flexibility index (Phi) is 6.47. The van der Waals surface area contributed by atoms with Crippen molar-refractivity contribution in [2.24, 2.45) is 5.92 Å². The Balaban J connectivity index is 4.98. The second-order valence-electron chi connectivity index (χ2n) is 6.86. The molecule has 118 valence electrons. The third-order valence-corrected chi connectivity index (χ3v) is 2.03. The zero-order valence-electron chi connectivity index (χ0n) is 13.5. The van der Waals surface area contributed by atoms with Crippen molar-refractivity contribution >= 4 is 12.2 Å². The minimum Gasteiger partial charge on any atom is -0.443 e. The predicted molar refractivity (Wildman–Crippen MR) is 75.4 cm³/mol. The van der Waals surface area contributed by atoms with Gasteiger partial charge < -0.3 is 14.6 Å². The lowest BCUT2D eigenvalue weighted by Gasteiger charge is -2.29. The number of nitrogens with zero attached hydrogens (tertiary/aromatic N) is 1. The number of carbonyl (C=O) groups excluding carboxylic acids is 2. The maximum Gasteiger partial charge on any atom is 0.419 e. The third-order valence-electron chi connectivity index (χ3n) is 2.03. The van der Waals surface area contributed by atoms with Crippen molar-refractivity contribution in [1.29, 1.82) is 0 Å². The summed E-state index contributed by atoms with van der Waals surface area (Å²) in [5.41, 5.74) is -1.42. The van der Waals surface area contributed by atoms with Gasteiger partial charge in [0, 0.05) is 13.2 Å². The van der Waals surface area contributed by atoms with Crippen molar-refractivity contribution in [3.8, 4) is 0 Å². The normalized spacial score (nSPS) is 13.6. The third kappa shape index (κ3) is 7.99. The molecule has 0 aromatic heterocycles. The van der Waals surface area contributed by atoms with Gasteiger partial charge in [0.1, 0.15) is 11.2 Å². The zero-order chi connectivity index (χ0) is 16.1. The molecule has 0 radical (unpaired) electrons. The molecular weight excluding hydrogens is 262 g/mol. The monoisotopic (exact) mass is 289 g/mol. The SMILES string of the molecule is C[C@H](CO)CN(C(=O)OC(C)(C)C)C(=O)OC(C)(C)C. The molecule has 0 heterocycles. The van der Waals surface area contributed by atoms with Crippen molar-refractivity contribution in [3.63, 3.8) is 0 Å². The van der Waals surface area contributed by atoms with Crippen molar-refractivity contribution < 1.29 is 24.2 Å². The summed E-state index contributed by atoms with van der Waals surface area (Å²) in [5, 5.41) is 9.08. The summed E-state index contributed by atoms with van der Waals surface area (Å²) in [5.74, 6) is -0.255. The van der Waals surface area contributed by atoms with Crippen LogP contribution in [-0.4, -0.2) is 46.5 Å². The van der Waals surface area contributed by atoms with E-state index in [0.29, 0.717) is 0 Å². The molecule has 0 bridgehead atoms. The second-order valence-corrected chi connectivity index (χ2v) is 6.86. The van der Waals surface area contributed by atoms with Crippen LogP contribution in [-0.2, 0) is 9.47 Å². The number of hydrogen-bond donors (Lipinski definition) is 1. The van der Waals surface area contributed by atoms with E-state index in [4.69, 9.17) is 14.6 Å². The molecular formula is C14H27NO5. The molecule has 2 amide bonds. The first kappa shape index (κ1) is 18.7. The second kappa shape index (κ2) is 6.92. The number of carbonyl (C=O) groups is 2. The topological polar surface area (TPSA) is 76.1 Å². The van der Waals surface area contributed by atoms with Crippen LogP contribution in [0, 0.1) is 5.92 Å². The van der Waals surface area contributed by atoms with E-state index in [1.54, 1.807) is 48.5 Å². The molecule has 20 heavy (non-hydrogen) atoms. The van der Waals surface area contributed by atoms with E-state index in [2.05, 4.69) is 0 Å². The molecule has 0 saturated heterocycles. The Bertz CT molecular complexity index is 312. The Labute approximate surface area is 121 Å². The molecule has 0 aliphatic carbocycles. The summed E-state index contributed by atoms with van der Waals surface area (Å²) < 4.78 is 10.4. The molecule has 0 saturated carbocycles. The standard InChI is InChI=1S/C14H27NO5/c1-10(9-16)8-15(11(17)19-13(2,3)4)12(18)20-14(5,6)7/h10,16H,8-9H2,1-7H3/t10-/m0/s1. The summed E-state index contributed by atoms with van der Waals surface area (Å²) in [6.07, 6.45) is -1.54. The number of aliphatic hydroxyl groups excluding tert-OH is 1. The molecule has 0 rings (SSSR count). The summed E-state index contributed by atoms with van der Waals surface area (Å²) in [6, 6.07) is 0. The van der Waals surface area contributed by atoms with Gasteiger partial charge in [-0.1, -0.05) is 6.92 Å². The molecule has 0 aliphatic rings. The number of amides is 2. The summed E-state index contributed by atoms with van der Waals surface area (Å²) in [7, 11) is 0. The molecule has 0 aromatic carbocycles. The lowest BCUT2D eigenvalue weighted by molar-refractivity contribution is -0.00237. The minimum atomic E-state index is -0.771. The van der Waals surface area contributed by atoms with E-state index >= 15 is 0 Å². The first-order valence-corrected chi connectivity index (χ1v) is 6.70. The van der Waals surface area contributed by atoms with Crippen LogP contribution in [0.4, 0.5) is 9.59 Å². The first-order chi connectivity index (χ1) is 8.85. The lowest BCUT2D eigenvalue weighted by Crippen LogP contribution is -2.45. The van der Waals surface area contributed by atoms with E-state index in [1.165, 1.54) is 0 Å². The van der Waals surface area contributed by atoms with Crippen LogP contribution in [0.3, 0.4) is 0 Å². The van der Waals surface area contributed by atoms with Gasteiger partial charge in [0.2, 0.25) is 0 Å². The number of ether oxygens (including phenoxy) is 2. The molecule has 1 atom stereocenters. The first-order valence-electron chi connectivity index (χ1n) is 6.70. The van der Waals surface area contributed by atoms with Gasteiger partial charge in [0.25, 0.3) is 0 Å². The van der Waals surface area contributed by atoms with Crippen molar-refractivity contribution in [2.45, 2.75) is 59.7 Å². The quantitative estimate of drug-likeness (QED) is 0.864. The summed E-state index contributed by atoms with van der Waals surface area (Å²) in [6.45, 7) is 11.9. The molecule has 1 N–H and O–H groups in total. The van der Waals surface area contributed by atoms with Gasteiger partial charge in [-0.2, -0.15) is 0 Å². The van der Waals surface area contributed by atoms with E-state index in [0.717, 1.165) is 4.90 Å². The molecule has 0 aromatic rings. The maximum absolute atomic E-state index is 12.1. The van der Waals surface area contributed by atoms with Gasteiger partial charge in [-0.05, 0) is 47.5 Å². The summed E-state index contributed by atoms with van der Waals surface area (Å²) in [4.78, 5) is 25.0. The average molecular weight is 289 g/mol. The average Bonchev–Trinajstić information content (AvgIpc) is 2.19. The Morgan fingerprint density at radius 1 is 1.00 bits per heavy atom. The minimum absolute atomic E-state index is 0.0420.